The maximum Gasteiger partial charge on any atom is 0.166 e. The largest absolute Gasteiger partial charge is 0.344 e. The molecule has 12 rings (SSSR count). The summed E-state index contributed by atoms with van der Waals surface area (Å²) in [4.78, 5) is 28.7. The SMILES string of the molecule is Cc1cc(-c2nc(-c3ccccc3)nc(-c3ccccc3)n2)ccc1N1C(c2cc(C)c(C)c(C)c2)=NC2=C(n3c4ccccc4c4cc(-c5ccccc5)ccc43)N=C(c3ccccc3)NC21. The van der Waals surface area contributed by atoms with E-state index in [4.69, 9.17) is 24.9 Å². The van der Waals surface area contributed by atoms with Crippen molar-refractivity contribution in [3.8, 4) is 45.3 Å². The molecule has 2 aromatic heterocycles. The van der Waals surface area contributed by atoms with Crippen LogP contribution in [0, 0.1) is 27.7 Å². The number of anilines is 1. The second kappa shape index (κ2) is 16.6. The molecule has 8 heteroatoms. The zero-order chi connectivity index (χ0) is 45.9. The van der Waals surface area contributed by atoms with E-state index in [1.165, 1.54) is 22.3 Å². The number of aliphatic imine (C=N–C) groups is 2. The van der Waals surface area contributed by atoms with Crippen LogP contribution in [0.3, 0.4) is 0 Å². The van der Waals surface area contributed by atoms with Crippen molar-refractivity contribution >= 4 is 45.0 Å². The van der Waals surface area contributed by atoms with Gasteiger partial charge in [0.1, 0.15) is 17.4 Å². The van der Waals surface area contributed by atoms with Gasteiger partial charge in [-0.05, 0) is 110 Å². The maximum absolute atomic E-state index is 5.71. The molecule has 8 aromatic carbocycles. The molecule has 1 unspecified atom stereocenters. The third-order valence-corrected chi connectivity index (χ3v) is 13.3. The molecule has 0 saturated heterocycles. The lowest BCUT2D eigenvalue weighted by Crippen LogP contribution is -2.50. The van der Waals surface area contributed by atoms with Crippen LogP contribution in [0.15, 0.2) is 210 Å². The molecule has 1 N–H and O–H groups in total. The highest BCUT2D eigenvalue weighted by molar-refractivity contribution is 6.17. The molecule has 0 aliphatic carbocycles. The molecular weight excluding hydrogens is 833 g/mol. The Morgan fingerprint density at radius 1 is 0.412 bits per heavy atom. The van der Waals surface area contributed by atoms with Crippen LogP contribution in [-0.2, 0) is 0 Å². The predicted molar refractivity (Wildman–Crippen MR) is 279 cm³/mol. The van der Waals surface area contributed by atoms with E-state index < -0.39 is 6.17 Å². The highest BCUT2D eigenvalue weighted by Crippen LogP contribution is 2.42. The summed E-state index contributed by atoms with van der Waals surface area (Å²) in [6, 6.07) is 67.6. The molecule has 1 atom stereocenters. The van der Waals surface area contributed by atoms with E-state index in [0.717, 1.165) is 89.6 Å². The summed E-state index contributed by atoms with van der Waals surface area (Å²) in [7, 11) is 0. The molecule has 0 radical (unpaired) electrons. The van der Waals surface area contributed by atoms with Crippen molar-refractivity contribution in [2.75, 3.05) is 4.90 Å². The van der Waals surface area contributed by atoms with Gasteiger partial charge in [0.05, 0.1) is 11.0 Å². The van der Waals surface area contributed by atoms with Crippen LogP contribution in [0.5, 0.6) is 0 Å². The predicted octanol–water partition coefficient (Wildman–Crippen LogP) is 13.4. The minimum atomic E-state index is -0.425. The molecule has 0 amide bonds. The molecule has 2 aliphatic heterocycles. The molecule has 0 bridgehead atoms. The Hall–Kier alpha value is -8.75. The lowest BCUT2D eigenvalue weighted by Gasteiger charge is -2.34. The van der Waals surface area contributed by atoms with Crippen LogP contribution in [-0.4, -0.2) is 37.4 Å². The van der Waals surface area contributed by atoms with E-state index >= 15 is 0 Å². The maximum atomic E-state index is 5.71. The summed E-state index contributed by atoms with van der Waals surface area (Å²) in [5.74, 6) is 4.22. The number of fused-ring (bicyclic) bond motifs is 4. The molecule has 10 aromatic rings. The molecular formula is C60H46N8. The molecule has 0 spiro atoms. The van der Waals surface area contributed by atoms with Crippen LogP contribution in [0.25, 0.3) is 72.9 Å². The van der Waals surface area contributed by atoms with Gasteiger partial charge in [0.15, 0.2) is 29.5 Å². The molecule has 4 heterocycles. The fourth-order valence-corrected chi connectivity index (χ4v) is 9.65. The summed E-state index contributed by atoms with van der Waals surface area (Å²) < 4.78 is 2.31. The summed E-state index contributed by atoms with van der Waals surface area (Å²) in [5, 5.41) is 6.23. The minimum absolute atomic E-state index is 0.425. The zero-order valence-electron chi connectivity index (χ0n) is 38.2. The number of para-hydroxylation sites is 1. The van der Waals surface area contributed by atoms with Crippen LogP contribution in [0.1, 0.15) is 33.4 Å². The first-order chi connectivity index (χ1) is 33.4. The average molecular weight is 879 g/mol. The van der Waals surface area contributed by atoms with Gasteiger partial charge < -0.3 is 5.32 Å². The number of hydrogen-bond acceptors (Lipinski definition) is 7. The Kier molecular flexibility index (Phi) is 9.94. The topological polar surface area (TPSA) is 83.6 Å². The third-order valence-electron chi connectivity index (χ3n) is 13.3. The van der Waals surface area contributed by atoms with Crippen molar-refractivity contribution in [3.63, 3.8) is 0 Å². The fourth-order valence-electron chi connectivity index (χ4n) is 9.65. The van der Waals surface area contributed by atoms with Gasteiger partial charge in [0, 0.05) is 44.3 Å². The number of hydrogen-bond donors (Lipinski definition) is 1. The van der Waals surface area contributed by atoms with Crippen LogP contribution >= 0.6 is 0 Å². The van der Waals surface area contributed by atoms with Gasteiger partial charge in [-0.2, -0.15) is 0 Å². The van der Waals surface area contributed by atoms with Crippen molar-refractivity contribution in [2.45, 2.75) is 33.9 Å². The number of rotatable bonds is 8. The Balaban J connectivity index is 1.07. The molecule has 8 nitrogen and oxygen atoms in total. The number of nitrogens with one attached hydrogen (secondary N) is 1. The number of aromatic nitrogens is 4. The smallest absolute Gasteiger partial charge is 0.166 e. The van der Waals surface area contributed by atoms with E-state index in [-0.39, 0.29) is 0 Å². The summed E-state index contributed by atoms with van der Waals surface area (Å²) >= 11 is 0. The standard InChI is InChI=1S/C60H46N8/c1-37-33-47(34-38(2)40(37)4)58-61-53-59(67-51-28-18-17-27-48(51)49-36-45(29-32-52(49)67)41-19-9-5-10-20-41)65-56(44-25-15-8-16-26-44)66-60(53)68(58)50-31-30-46(35-39(50)3)57-63-54(42-21-11-6-12-22-42)62-55(64-57)43-23-13-7-14-24-43/h5-36,60H,1-4H3,(H,65,66). The van der Waals surface area contributed by atoms with Crippen molar-refractivity contribution in [2.24, 2.45) is 9.98 Å². The normalized spacial score (nSPS) is 14.5. The molecule has 2 aliphatic rings. The first-order valence-electron chi connectivity index (χ1n) is 23.0. The Morgan fingerprint density at radius 3 is 1.54 bits per heavy atom. The molecule has 0 fully saturated rings. The number of benzene rings is 8. The summed E-state index contributed by atoms with van der Waals surface area (Å²) in [6.45, 7) is 8.71. The van der Waals surface area contributed by atoms with Gasteiger partial charge in [-0.25, -0.2) is 24.9 Å². The second-order valence-electron chi connectivity index (χ2n) is 17.6. The van der Waals surface area contributed by atoms with Crippen molar-refractivity contribution < 1.29 is 0 Å². The lowest BCUT2D eigenvalue weighted by atomic mass is 9.99. The fraction of sp³-hybridized carbons (Fsp3) is 0.0833. The quantitative estimate of drug-likeness (QED) is 0.164. The van der Waals surface area contributed by atoms with E-state index in [0.29, 0.717) is 17.5 Å². The molecule has 68 heavy (non-hydrogen) atoms. The van der Waals surface area contributed by atoms with E-state index in [1.807, 2.05) is 66.7 Å². The summed E-state index contributed by atoms with van der Waals surface area (Å²) in [6.07, 6.45) is -0.425. The monoisotopic (exact) mass is 878 g/mol. The van der Waals surface area contributed by atoms with Crippen molar-refractivity contribution in [1.29, 1.82) is 0 Å². The molecule has 0 saturated carbocycles. The highest BCUT2D eigenvalue weighted by Gasteiger charge is 2.41. The van der Waals surface area contributed by atoms with Crippen LogP contribution in [0.2, 0.25) is 0 Å². The van der Waals surface area contributed by atoms with Crippen molar-refractivity contribution in [1.82, 2.24) is 24.8 Å². The lowest BCUT2D eigenvalue weighted by molar-refractivity contribution is 0.715. The average Bonchev–Trinajstić information content (AvgIpc) is 3.94. The van der Waals surface area contributed by atoms with E-state index in [2.05, 4.69) is 170 Å². The molecule has 326 valence electrons. The van der Waals surface area contributed by atoms with Gasteiger partial charge >= 0.3 is 0 Å². The third kappa shape index (κ3) is 7.05. The van der Waals surface area contributed by atoms with Crippen molar-refractivity contribution in [3.05, 3.63) is 233 Å². The van der Waals surface area contributed by atoms with Crippen LogP contribution in [0.4, 0.5) is 5.69 Å². The Morgan fingerprint density at radius 2 is 0.926 bits per heavy atom. The van der Waals surface area contributed by atoms with Gasteiger partial charge in [0.2, 0.25) is 0 Å². The number of amidine groups is 2. The first-order valence-corrected chi connectivity index (χ1v) is 23.0. The second-order valence-corrected chi connectivity index (χ2v) is 17.6. The van der Waals surface area contributed by atoms with Gasteiger partial charge in [0.25, 0.3) is 0 Å². The first kappa shape index (κ1) is 40.7. The number of aryl methyl sites for hydroxylation is 3. The minimum Gasteiger partial charge on any atom is -0.344 e. The van der Waals surface area contributed by atoms with Gasteiger partial charge in [-0.3, -0.25) is 9.47 Å². The van der Waals surface area contributed by atoms with E-state index in [9.17, 15) is 0 Å². The zero-order valence-corrected chi connectivity index (χ0v) is 38.2. The van der Waals surface area contributed by atoms with Crippen LogP contribution < -0.4 is 10.2 Å². The Bertz CT molecular complexity index is 3610. The van der Waals surface area contributed by atoms with Gasteiger partial charge in [-0.1, -0.05) is 146 Å². The van der Waals surface area contributed by atoms with E-state index in [1.54, 1.807) is 0 Å². The Labute approximate surface area is 395 Å². The van der Waals surface area contributed by atoms with Gasteiger partial charge in [-0.15, -0.1) is 0 Å². The highest BCUT2D eigenvalue weighted by atomic mass is 15.4. The summed E-state index contributed by atoms with van der Waals surface area (Å²) in [5.41, 5.74) is 15.8. The number of nitrogens with zero attached hydrogens (tertiary/aromatic N) is 7.